The summed E-state index contributed by atoms with van der Waals surface area (Å²) >= 11 is 0. The predicted molar refractivity (Wildman–Crippen MR) is 79.4 cm³/mol. The number of hydrogen-bond acceptors (Lipinski definition) is 2. The molecule has 6 heteroatoms. The largest absolute Gasteiger partial charge is 0.392 e. The average molecular weight is 320 g/mol. The maximum absolute atomic E-state index is 13.1. The number of amides is 1. The highest BCUT2D eigenvalue weighted by Crippen LogP contribution is 2.42. The average Bonchev–Trinajstić information content (AvgIpc) is 2.52. The number of nitrogens with zero attached hydrogens (tertiary/aromatic N) is 1. The van der Waals surface area contributed by atoms with E-state index in [0.29, 0.717) is 31.8 Å². The number of hydrogen-bond donors (Lipinski definition) is 1. The maximum atomic E-state index is 13.1. The zero-order chi connectivity index (χ0) is 16.2. The molecule has 2 fully saturated rings. The molecule has 128 valence electrons. The summed E-state index contributed by atoms with van der Waals surface area (Å²) < 4.78 is 39.4. The molecular weight excluding hydrogens is 293 g/mol. The van der Waals surface area contributed by atoms with E-state index in [9.17, 15) is 18.0 Å². The van der Waals surface area contributed by atoms with Gasteiger partial charge in [-0.25, -0.2) is 0 Å². The normalized spacial score (nSPS) is 27.9. The highest BCUT2D eigenvalue weighted by atomic mass is 19.4. The van der Waals surface area contributed by atoms with Crippen LogP contribution in [0.2, 0.25) is 0 Å². The molecule has 1 saturated heterocycles. The lowest BCUT2D eigenvalue weighted by atomic mass is 9.77. The molecule has 1 amide bonds. The molecule has 22 heavy (non-hydrogen) atoms. The number of carbonyl (C=O) groups is 1. The number of carbonyl (C=O) groups excluding carboxylic acids is 1. The molecule has 2 unspecified atom stereocenters. The lowest BCUT2D eigenvalue weighted by molar-refractivity contribution is -0.201. The van der Waals surface area contributed by atoms with E-state index in [1.165, 1.54) is 0 Å². The van der Waals surface area contributed by atoms with Gasteiger partial charge in [-0.15, -0.1) is 0 Å². The van der Waals surface area contributed by atoms with Crippen LogP contribution in [0.5, 0.6) is 0 Å². The Hall–Kier alpha value is -0.780. The Morgan fingerprint density at radius 3 is 2.36 bits per heavy atom. The first-order valence-electron chi connectivity index (χ1n) is 8.43. The molecule has 0 aromatic heterocycles. The molecule has 0 aromatic rings. The quantitative estimate of drug-likeness (QED) is 0.863. The molecule has 1 saturated carbocycles. The van der Waals surface area contributed by atoms with Crippen molar-refractivity contribution in [2.45, 2.75) is 51.1 Å². The number of piperidine rings is 1. The molecule has 0 aromatic carbocycles. The zero-order valence-corrected chi connectivity index (χ0v) is 13.3. The third-order valence-electron chi connectivity index (χ3n) is 5.23. The minimum Gasteiger partial charge on any atom is -0.342 e. The molecule has 1 aliphatic carbocycles. The second-order valence-electron chi connectivity index (χ2n) is 6.70. The van der Waals surface area contributed by atoms with Crippen molar-refractivity contribution in [1.29, 1.82) is 0 Å². The number of halogens is 3. The van der Waals surface area contributed by atoms with Gasteiger partial charge in [-0.05, 0) is 51.6 Å². The van der Waals surface area contributed by atoms with E-state index >= 15 is 0 Å². The molecular formula is C16H27F3N2O. The van der Waals surface area contributed by atoms with Gasteiger partial charge in [-0.3, -0.25) is 4.79 Å². The van der Waals surface area contributed by atoms with E-state index in [4.69, 9.17) is 0 Å². The number of alkyl halides is 3. The van der Waals surface area contributed by atoms with E-state index in [-0.39, 0.29) is 12.3 Å². The van der Waals surface area contributed by atoms with Gasteiger partial charge < -0.3 is 10.2 Å². The van der Waals surface area contributed by atoms with E-state index in [1.807, 2.05) is 7.05 Å². The third-order valence-corrected chi connectivity index (χ3v) is 5.23. The van der Waals surface area contributed by atoms with Crippen LogP contribution in [-0.4, -0.2) is 43.7 Å². The van der Waals surface area contributed by atoms with Crippen LogP contribution in [0, 0.1) is 17.8 Å². The van der Waals surface area contributed by atoms with E-state index in [2.05, 4.69) is 5.32 Å². The van der Waals surface area contributed by atoms with Gasteiger partial charge in [0.2, 0.25) is 5.91 Å². The summed E-state index contributed by atoms with van der Waals surface area (Å²) in [5, 5.41) is 3.12. The summed E-state index contributed by atoms with van der Waals surface area (Å²) in [6.45, 7) is 2.19. The van der Waals surface area contributed by atoms with Gasteiger partial charge in [0, 0.05) is 19.0 Å². The SMILES string of the molecule is CNCCC1CCN(C(=O)C2CCCCC2C(F)(F)F)CC1. The number of nitrogens with one attached hydrogen (secondary N) is 1. The third kappa shape index (κ3) is 4.37. The summed E-state index contributed by atoms with van der Waals surface area (Å²) in [6.07, 6.45) is 0.482. The minimum absolute atomic E-state index is 0.110. The Morgan fingerprint density at radius 1 is 1.14 bits per heavy atom. The van der Waals surface area contributed by atoms with Crippen molar-refractivity contribution in [2.75, 3.05) is 26.7 Å². The summed E-state index contributed by atoms with van der Waals surface area (Å²) in [4.78, 5) is 14.2. The van der Waals surface area contributed by atoms with E-state index < -0.39 is 18.0 Å². The first kappa shape index (κ1) is 17.6. The topological polar surface area (TPSA) is 32.3 Å². The van der Waals surface area contributed by atoms with Crippen molar-refractivity contribution in [3.63, 3.8) is 0 Å². The lowest BCUT2D eigenvalue weighted by Gasteiger charge is -2.38. The summed E-state index contributed by atoms with van der Waals surface area (Å²) in [5.41, 5.74) is 0. The number of likely N-dealkylation sites (tertiary alicyclic amines) is 1. The van der Waals surface area contributed by atoms with Crippen molar-refractivity contribution in [3.05, 3.63) is 0 Å². The summed E-state index contributed by atoms with van der Waals surface area (Å²) in [6, 6.07) is 0. The molecule has 1 aliphatic heterocycles. The molecule has 0 radical (unpaired) electrons. The Kier molecular flexibility index (Phi) is 6.12. The van der Waals surface area contributed by atoms with Crippen molar-refractivity contribution >= 4 is 5.91 Å². The molecule has 3 nitrogen and oxygen atoms in total. The van der Waals surface area contributed by atoms with Crippen molar-refractivity contribution in [3.8, 4) is 0 Å². The molecule has 0 spiro atoms. The molecule has 1 N–H and O–H groups in total. The second kappa shape index (κ2) is 7.66. The van der Waals surface area contributed by atoms with Crippen LogP contribution in [0.1, 0.15) is 44.9 Å². The maximum Gasteiger partial charge on any atom is 0.392 e. The fraction of sp³-hybridized carbons (Fsp3) is 0.938. The zero-order valence-electron chi connectivity index (χ0n) is 13.3. The Labute approximate surface area is 130 Å². The van der Waals surface area contributed by atoms with Gasteiger partial charge in [0.1, 0.15) is 0 Å². The summed E-state index contributed by atoms with van der Waals surface area (Å²) in [5.74, 6) is -1.95. The van der Waals surface area contributed by atoms with Crippen LogP contribution >= 0.6 is 0 Å². The second-order valence-corrected chi connectivity index (χ2v) is 6.70. The fourth-order valence-corrected chi connectivity index (χ4v) is 3.84. The van der Waals surface area contributed by atoms with Gasteiger partial charge in [0.15, 0.2) is 0 Å². The Bertz CT molecular complexity index is 365. The van der Waals surface area contributed by atoms with Crippen molar-refractivity contribution < 1.29 is 18.0 Å². The van der Waals surface area contributed by atoms with Crippen LogP contribution in [0.25, 0.3) is 0 Å². The minimum atomic E-state index is -4.24. The van der Waals surface area contributed by atoms with Gasteiger partial charge >= 0.3 is 6.18 Å². The van der Waals surface area contributed by atoms with Crippen LogP contribution < -0.4 is 5.32 Å². The Morgan fingerprint density at radius 2 is 1.77 bits per heavy atom. The summed E-state index contributed by atoms with van der Waals surface area (Å²) in [7, 11) is 1.92. The molecule has 2 atom stereocenters. The molecule has 0 bridgehead atoms. The first-order chi connectivity index (χ1) is 10.4. The first-order valence-corrected chi connectivity index (χ1v) is 8.43. The van der Waals surface area contributed by atoms with Crippen LogP contribution in [-0.2, 0) is 4.79 Å². The molecule has 1 heterocycles. The monoisotopic (exact) mass is 320 g/mol. The van der Waals surface area contributed by atoms with E-state index in [1.54, 1.807) is 4.90 Å². The predicted octanol–water partition coefficient (Wildman–Crippen LogP) is 3.20. The van der Waals surface area contributed by atoms with Crippen LogP contribution in [0.3, 0.4) is 0 Å². The standard InChI is InChI=1S/C16H27F3N2O/c1-20-9-6-12-7-10-21(11-8-12)15(22)13-4-2-3-5-14(13)16(17,18)19/h12-14,20H,2-11H2,1H3. The fourth-order valence-electron chi connectivity index (χ4n) is 3.84. The van der Waals surface area contributed by atoms with Gasteiger partial charge in [0.05, 0.1) is 5.92 Å². The number of rotatable bonds is 4. The molecule has 2 aliphatic rings. The van der Waals surface area contributed by atoms with Gasteiger partial charge in [-0.2, -0.15) is 13.2 Å². The van der Waals surface area contributed by atoms with Crippen molar-refractivity contribution in [1.82, 2.24) is 10.2 Å². The lowest BCUT2D eigenvalue weighted by Crippen LogP contribution is -2.47. The highest BCUT2D eigenvalue weighted by Gasteiger charge is 2.49. The Balaban J connectivity index is 1.90. The van der Waals surface area contributed by atoms with Crippen LogP contribution in [0.4, 0.5) is 13.2 Å². The van der Waals surface area contributed by atoms with Crippen molar-refractivity contribution in [2.24, 2.45) is 17.8 Å². The highest BCUT2D eigenvalue weighted by molar-refractivity contribution is 5.79. The molecule has 2 rings (SSSR count). The van der Waals surface area contributed by atoms with E-state index in [0.717, 1.165) is 32.2 Å². The van der Waals surface area contributed by atoms with Gasteiger partial charge in [0.25, 0.3) is 0 Å². The van der Waals surface area contributed by atoms with Crippen LogP contribution in [0.15, 0.2) is 0 Å². The smallest absolute Gasteiger partial charge is 0.342 e. The van der Waals surface area contributed by atoms with Gasteiger partial charge in [-0.1, -0.05) is 12.8 Å².